The number of amides is 1. The lowest BCUT2D eigenvalue weighted by molar-refractivity contribution is 0.0949. The molecule has 138 valence electrons. The molecule has 7 heteroatoms. The first-order valence-electron chi connectivity index (χ1n) is 8.54. The zero-order valence-electron chi connectivity index (χ0n) is 15.4. The number of ether oxygens (including phenoxy) is 1. The lowest BCUT2D eigenvalue weighted by atomic mass is 10.1. The summed E-state index contributed by atoms with van der Waals surface area (Å²) in [6.07, 6.45) is 0. The lowest BCUT2D eigenvalue weighted by Gasteiger charge is -2.09. The van der Waals surface area contributed by atoms with Crippen molar-refractivity contribution in [3.8, 4) is 5.75 Å². The van der Waals surface area contributed by atoms with Crippen molar-refractivity contribution in [2.75, 3.05) is 7.11 Å². The molecule has 3 aromatic rings. The summed E-state index contributed by atoms with van der Waals surface area (Å²) in [5, 5.41) is 9.31. The van der Waals surface area contributed by atoms with Crippen LogP contribution in [0.2, 0.25) is 0 Å². The normalized spacial score (nSPS) is 11.4. The van der Waals surface area contributed by atoms with E-state index in [2.05, 4.69) is 15.6 Å². The minimum Gasteiger partial charge on any atom is -0.497 e. The van der Waals surface area contributed by atoms with Crippen LogP contribution >= 0.6 is 0 Å². The van der Waals surface area contributed by atoms with Crippen molar-refractivity contribution in [3.05, 3.63) is 70.1 Å². The van der Waals surface area contributed by atoms with Crippen LogP contribution in [0.5, 0.6) is 5.75 Å². The Labute approximate surface area is 156 Å². The van der Waals surface area contributed by atoms with Gasteiger partial charge in [0.05, 0.1) is 18.2 Å². The molecule has 0 saturated carbocycles. The van der Waals surface area contributed by atoms with Gasteiger partial charge in [-0.05, 0) is 49.7 Å². The van der Waals surface area contributed by atoms with Gasteiger partial charge in [-0.25, -0.2) is 10.1 Å². The zero-order valence-corrected chi connectivity index (χ0v) is 15.4. The van der Waals surface area contributed by atoms with Gasteiger partial charge in [0.2, 0.25) is 0 Å². The molecule has 0 bridgehead atoms. The fourth-order valence-electron chi connectivity index (χ4n) is 2.70. The van der Waals surface area contributed by atoms with Crippen molar-refractivity contribution in [2.45, 2.75) is 20.4 Å². The molecule has 0 spiro atoms. The van der Waals surface area contributed by atoms with Crippen molar-refractivity contribution < 1.29 is 9.53 Å². The van der Waals surface area contributed by atoms with E-state index < -0.39 is 5.91 Å². The highest BCUT2D eigenvalue weighted by Crippen LogP contribution is 2.14. The Morgan fingerprint density at radius 1 is 1.15 bits per heavy atom. The summed E-state index contributed by atoms with van der Waals surface area (Å²) < 4.78 is 6.41. The van der Waals surface area contributed by atoms with Gasteiger partial charge in [0.1, 0.15) is 5.75 Å². The van der Waals surface area contributed by atoms with Gasteiger partial charge in [-0.1, -0.05) is 18.2 Å². The van der Waals surface area contributed by atoms with Crippen LogP contribution in [0.4, 0.5) is 0 Å². The maximum absolute atomic E-state index is 12.7. The lowest BCUT2D eigenvalue weighted by Crippen LogP contribution is -2.28. The molecule has 27 heavy (non-hydrogen) atoms. The molecule has 2 aromatic carbocycles. The number of hydrogen-bond donors (Lipinski definition) is 1. The second-order valence-electron chi connectivity index (χ2n) is 5.88. The van der Waals surface area contributed by atoms with Gasteiger partial charge in [-0.3, -0.25) is 9.59 Å². The fraction of sp³-hybridized carbons (Fsp3) is 0.200. The molecule has 0 unspecified atom stereocenters. The van der Waals surface area contributed by atoms with Crippen LogP contribution in [0.15, 0.2) is 58.4 Å². The predicted molar refractivity (Wildman–Crippen MR) is 104 cm³/mol. The van der Waals surface area contributed by atoms with Gasteiger partial charge in [-0.15, -0.1) is 0 Å². The number of hydrazone groups is 1. The summed E-state index contributed by atoms with van der Waals surface area (Å²) in [6.45, 7) is 3.97. The van der Waals surface area contributed by atoms with E-state index in [0.29, 0.717) is 23.0 Å². The van der Waals surface area contributed by atoms with Crippen LogP contribution in [0.25, 0.3) is 10.8 Å². The van der Waals surface area contributed by atoms with Crippen LogP contribution in [-0.4, -0.2) is 28.5 Å². The largest absolute Gasteiger partial charge is 0.497 e. The fourth-order valence-corrected chi connectivity index (χ4v) is 2.70. The number of hydrogen-bond acceptors (Lipinski definition) is 5. The molecule has 0 saturated heterocycles. The topological polar surface area (TPSA) is 85.6 Å². The van der Waals surface area contributed by atoms with E-state index in [9.17, 15) is 9.59 Å². The molecule has 1 aromatic heterocycles. The van der Waals surface area contributed by atoms with Crippen molar-refractivity contribution in [2.24, 2.45) is 5.10 Å². The Morgan fingerprint density at radius 2 is 1.81 bits per heavy atom. The molecule has 0 radical (unpaired) electrons. The van der Waals surface area contributed by atoms with E-state index in [0.717, 1.165) is 11.3 Å². The quantitative estimate of drug-likeness (QED) is 0.557. The smallest absolute Gasteiger partial charge is 0.292 e. The third-order valence-corrected chi connectivity index (χ3v) is 4.22. The number of carbonyl (C=O) groups excluding carboxylic acids is 1. The predicted octanol–water partition coefficient (Wildman–Crippen LogP) is 2.58. The first-order chi connectivity index (χ1) is 13.0. The van der Waals surface area contributed by atoms with E-state index in [1.165, 1.54) is 4.68 Å². The molecule has 7 nitrogen and oxygen atoms in total. The number of benzene rings is 2. The molecule has 1 N–H and O–H groups in total. The molecule has 0 fully saturated rings. The molecule has 0 atom stereocenters. The third-order valence-electron chi connectivity index (χ3n) is 4.22. The molecule has 0 aliphatic carbocycles. The van der Waals surface area contributed by atoms with Crippen molar-refractivity contribution in [1.82, 2.24) is 15.2 Å². The molecular formula is C20H20N4O3. The summed E-state index contributed by atoms with van der Waals surface area (Å²) in [6, 6.07) is 14.3. The number of fused-ring (bicyclic) bond motifs is 1. The van der Waals surface area contributed by atoms with Crippen LogP contribution < -0.4 is 15.7 Å². The maximum atomic E-state index is 12.7. The number of nitrogens with zero attached hydrogens (tertiary/aromatic N) is 3. The molecule has 3 rings (SSSR count). The van der Waals surface area contributed by atoms with Gasteiger partial charge in [0, 0.05) is 11.9 Å². The number of aromatic nitrogens is 2. The SMILES string of the molecule is CCn1nc(C(=O)N/N=C(/C)c2ccc(OC)cc2)c2ccccc2c1=O. The van der Waals surface area contributed by atoms with Crippen LogP contribution in [-0.2, 0) is 6.54 Å². The minimum atomic E-state index is -0.471. The van der Waals surface area contributed by atoms with Crippen molar-refractivity contribution in [3.63, 3.8) is 0 Å². The summed E-state index contributed by atoms with van der Waals surface area (Å²) >= 11 is 0. The Bertz CT molecular complexity index is 1070. The van der Waals surface area contributed by atoms with Gasteiger partial charge in [0.15, 0.2) is 5.69 Å². The molecule has 1 amide bonds. The monoisotopic (exact) mass is 364 g/mol. The van der Waals surface area contributed by atoms with Gasteiger partial charge in [-0.2, -0.15) is 10.2 Å². The van der Waals surface area contributed by atoms with E-state index >= 15 is 0 Å². The first kappa shape index (κ1) is 18.3. The average Bonchev–Trinajstić information content (AvgIpc) is 2.72. The maximum Gasteiger partial charge on any atom is 0.292 e. The second-order valence-corrected chi connectivity index (χ2v) is 5.88. The summed E-state index contributed by atoms with van der Waals surface area (Å²) in [5.74, 6) is 0.273. The summed E-state index contributed by atoms with van der Waals surface area (Å²) in [7, 11) is 1.60. The first-order valence-corrected chi connectivity index (χ1v) is 8.54. The second kappa shape index (κ2) is 7.82. The van der Waals surface area contributed by atoms with Crippen molar-refractivity contribution >= 4 is 22.4 Å². The van der Waals surface area contributed by atoms with E-state index in [1.807, 2.05) is 24.3 Å². The third kappa shape index (κ3) is 3.72. The highest BCUT2D eigenvalue weighted by atomic mass is 16.5. The van der Waals surface area contributed by atoms with Gasteiger partial charge in [0.25, 0.3) is 11.5 Å². The van der Waals surface area contributed by atoms with Crippen LogP contribution in [0.3, 0.4) is 0 Å². The number of methoxy groups -OCH3 is 1. The standard InChI is InChI=1S/C20H20N4O3/c1-4-24-20(26)17-8-6-5-7-16(17)18(23-24)19(25)22-21-13(2)14-9-11-15(27-3)12-10-14/h5-12H,4H2,1-3H3,(H,22,25)/b21-13-. The number of carbonyl (C=O) groups is 1. The van der Waals surface area contributed by atoms with Crippen LogP contribution in [0.1, 0.15) is 29.9 Å². The number of aryl methyl sites for hydroxylation is 1. The van der Waals surface area contributed by atoms with E-state index in [4.69, 9.17) is 4.74 Å². The Balaban J connectivity index is 1.92. The minimum absolute atomic E-state index is 0.165. The van der Waals surface area contributed by atoms with E-state index in [-0.39, 0.29) is 11.3 Å². The van der Waals surface area contributed by atoms with Crippen LogP contribution in [0, 0.1) is 0 Å². The van der Waals surface area contributed by atoms with Crippen molar-refractivity contribution in [1.29, 1.82) is 0 Å². The zero-order chi connectivity index (χ0) is 19.4. The Hall–Kier alpha value is -3.48. The molecule has 1 heterocycles. The van der Waals surface area contributed by atoms with Gasteiger partial charge >= 0.3 is 0 Å². The Kier molecular flexibility index (Phi) is 5.30. The molecule has 0 aliphatic rings. The number of rotatable bonds is 5. The highest BCUT2D eigenvalue weighted by Gasteiger charge is 2.16. The summed E-state index contributed by atoms with van der Waals surface area (Å²) in [5.41, 5.74) is 3.97. The number of nitrogens with one attached hydrogen (secondary N) is 1. The van der Waals surface area contributed by atoms with E-state index in [1.54, 1.807) is 45.2 Å². The molecular weight excluding hydrogens is 344 g/mol. The highest BCUT2D eigenvalue weighted by molar-refractivity contribution is 6.06. The summed E-state index contributed by atoms with van der Waals surface area (Å²) in [4.78, 5) is 25.0. The Morgan fingerprint density at radius 3 is 2.44 bits per heavy atom. The molecule has 0 aliphatic heterocycles. The van der Waals surface area contributed by atoms with Gasteiger partial charge < -0.3 is 4.74 Å². The average molecular weight is 364 g/mol.